The molecule has 0 radical (unpaired) electrons. The van der Waals surface area contributed by atoms with Crippen LogP contribution in [0.3, 0.4) is 0 Å². The average Bonchev–Trinajstić information content (AvgIpc) is 2.72. The molecule has 1 saturated heterocycles. The summed E-state index contributed by atoms with van der Waals surface area (Å²) in [6.07, 6.45) is 5.99. The molecule has 0 aromatic carbocycles. The third-order valence-electron chi connectivity index (χ3n) is 5.33. The van der Waals surface area contributed by atoms with E-state index in [-0.39, 0.29) is 0 Å². The first kappa shape index (κ1) is 14.8. The molecule has 3 heteroatoms. The molecule has 0 aromatic rings. The molecule has 3 atom stereocenters. The van der Waals surface area contributed by atoms with E-state index in [0.29, 0.717) is 17.4 Å². The fraction of sp³-hybridized carbons (Fsp3) is 0.938. The number of aliphatic carboxylic acids is 1. The zero-order valence-electron chi connectivity index (χ0n) is 12.9. The maximum absolute atomic E-state index is 11.4. The van der Waals surface area contributed by atoms with Crippen LogP contribution in [-0.4, -0.2) is 35.1 Å². The van der Waals surface area contributed by atoms with E-state index in [4.69, 9.17) is 0 Å². The monoisotopic (exact) mass is 267 g/mol. The van der Waals surface area contributed by atoms with Gasteiger partial charge in [0, 0.05) is 12.6 Å². The zero-order valence-corrected chi connectivity index (χ0v) is 12.9. The summed E-state index contributed by atoms with van der Waals surface area (Å²) in [5.41, 5.74) is -0.201. The number of rotatable bonds is 2. The smallest absolute Gasteiger partial charge is 0.310 e. The molecule has 1 N–H and O–H groups in total. The van der Waals surface area contributed by atoms with Gasteiger partial charge in [0.2, 0.25) is 0 Å². The molecule has 0 bridgehead atoms. The summed E-state index contributed by atoms with van der Waals surface area (Å²) < 4.78 is 0. The van der Waals surface area contributed by atoms with Crippen LogP contribution in [0.2, 0.25) is 0 Å². The minimum Gasteiger partial charge on any atom is -0.481 e. The molecule has 3 nitrogen and oxygen atoms in total. The maximum atomic E-state index is 11.4. The summed E-state index contributed by atoms with van der Waals surface area (Å²) in [5.74, 6) is 0.0792. The van der Waals surface area contributed by atoms with Gasteiger partial charge in [-0.05, 0) is 44.1 Å². The largest absolute Gasteiger partial charge is 0.481 e. The van der Waals surface area contributed by atoms with E-state index in [0.717, 1.165) is 19.5 Å². The summed E-state index contributed by atoms with van der Waals surface area (Å²) in [6, 6.07) is 0.593. The standard InChI is InChI=1S/C16H29NO2/c1-15(2,3)12-7-5-6-8-13(12)17-10-9-16(4,11-17)14(18)19/h12-13H,5-11H2,1-4H3,(H,18,19). The Balaban J connectivity index is 2.10. The Kier molecular flexibility index (Phi) is 3.97. The van der Waals surface area contributed by atoms with E-state index < -0.39 is 11.4 Å². The first-order chi connectivity index (χ1) is 8.74. The molecule has 1 saturated carbocycles. The van der Waals surface area contributed by atoms with Crippen molar-refractivity contribution < 1.29 is 9.90 Å². The molecule has 1 aliphatic heterocycles. The SMILES string of the molecule is CC1(C(=O)O)CCN(C2CCCCC2C(C)(C)C)C1. The van der Waals surface area contributed by atoms with Crippen LogP contribution in [0.25, 0.3) is 0 Å². The summed E-state index contributed by atoms with van der Waals surface area (Å²) >= 11 is 0. The van der Waals surface area contributed by atoms with Crippen LogP contribution in [0.15, 0.2) is 0 Å². The van der Waals surface area contributed by atoms with E-state index in [2.05, 4.69) is 25.7 Å². The predicted molar refractivity (Wildman–Crippen MR) is 77.1 cm³/mol. The molecule has 0 aromatic heterocycles. The lowest BCUT2D eigenvalue weighted by Crippen LogP contribution is -2.47. The number of hydrogen-bond donors (Lipinski definition) is 1. The summed E-state index contributed by atoms with van der Waals surface area (Å²) in [6.45, 7) is 10.6. The zero-order chi connectivity index (χ0) is 14.3. The second kappa shape index (κ2) is 5.08. The summed E-state index contributed by atoms with van der Waals surface area (Å²) in [4.78, 5) is 13.9. The number of carboxylic acid groups (broad SMARTS) is 1. The van der Waals surface area contributed by atoms with Crippen LogP contribution in [0.1, 0.15) is 59.8 Å². The highest BCUT2D eigenvalue weighted by Gasteiger charge is 2.46. The van der Waals surface area contributed by atoms with Crippen molar-refractivity contribution in [2.75, 3.05) is 13.1 Å². The molecule has 1 heterocycles. The van der Waals surface area contributed by atoms with Crippen molar-refractivity contribution in [3.05, 3.63) is 0 Å². The molecule has 110 valence electrons. The molecule has 2 fully saturated rings. The normalized spacial score (nSPS) is 37.5. The van der Waals surface area contributed by atoms with E-state index in [9.17, 15) is 9.90 Å². The van der Waals surface area contributed by atoms with Crippen molar-refractivity contribution in [1.29, 1.82) is 0 Å². The Morgan fingerprint density at radius 3 is 2.42 bits per heavy atom. The molecule has 19 heavy (non-hydrogen) atoms. The van der Waals surface area contributed by atoms with Crippen molar-refractivity contribution in [1.82, 2.24) is 4.90 Å². The van der Waals surface area contributed by atoms with E-state index >= 15 is 0 Å². The van der Waals surface area contributed by atoms with Crippen molar-refractivity contribution in [3.8, 4) is 0 Å². The van der Waals surface area contributed by atoms with Gasteiger partial charge in [0.25, 0.3) is 0 Å². The minimum atomic E-state index is -0.627. The van der Waals surface area contributed by atoms with Gasteiger partial charge >= 0.3 is 5.97 Å². The highest BCUT2D eigenvalue weighted by molar-refractivity contribution is 5.74. The second-order valence-electron chi connectivity index (χ2n) is 7.91. The Labute approximate surface area is 117 Å². The Bertz CT molecular complexity index is 347. The van der Waals surface area contributed by atoms with E-state index in [1.807, 2.05) is 6.92 Å². The Morgan fingerprint density at radius 1 is 1.26 bits per heavy atom. The third-order valence-corrected chi connectivity index (χ3v) is 5.33. The third kappa shape index (κ3) is 2.96. The van der Waals surface area contributed by atoms with E-state index in [1.54, 1.807) is 0 Å². The van der Waals surface area contributed by atoms with Gasteiger partial charge in [-0.15, -0.1) is 0 Å². The number of carbonyl (C=O) groups is 1. The summed E-state index contributed by atoms with van der Waals surface area (Å²) in [7, 11) is 0. The Morgan fingerprint density at radius 2 is 1.89 bits per heavy atom. The van der Waals surface area contributed by atoms with Crippen molar-refractivity contribution in [2.24, 2.45) is 16.7 Å². The van der Waals surface area contributed by atoms with Gasteiger partial charge in [0.15, 0.2) is 0 Å². The molecular formula is C16H29NO2. The minimum absolute atomic E-state index is 0.327. The van der Waals surface area contributed by atoms with Crippen LogP contribution in [0.5, 0.6) is 0 Å². The fourth-order valence-electron chi connectivity index (χ4n) is 4.01. The maximum Gasteiger partial charge on any atom is 0.310 e. The lowest BCUT2D eigenvalue weighted by molar-refractivity contribution is -0.147. The van der Waals surface area contributed by atoms with Crippen molar-refractivity contribution in [2.45, 2.75) is 65.8 Å². The molecule has 0 spiro atoms. The quantitative estimate of drug-likeness (QED) is 0.833. The number of nitrogens with zero attached hydrogens (tertiary/aromatic N) is 1. The highest BCUT2D eigenvalue weighted by atomic mass is 16.4. The summed E-state index contributed by atoms with van der Waals surface area (Å²) in [5, 5.41) is 9.39. The van der Waals surface area contributed by atoms with Gasteiger partial charge in [-0.2, -0.15) is 0 Å². The number of hydrogen-bond acceptors (Lipinski definition) is 2. The van der Waals surface area contributed by atoms with Crippen LogP contribution >= 0.6 is 0 Å². The van der Waals surface area contributed by atoms with Gasteiger partial charge in [0.1, 0.15) is 0 Å². The molecule has 2 rings (SSSR count). The van der Waals surface area contributed by atoms with Crippen LogP contribution in [-0.2, 0) is 4.79 Å². The lowest BCUT2D eigenvalue weighted by Gasteiger charge is -2.45. The topological polar surface area (TPSA) is 40.5 Å². The molecule has 3 unspecified atom stereocenters. The molecular weight excluding hydrogens is 238 g/mol. The van der Waals surface area contributed by atoms with Crippen LogP contribution in [0.4, 0.5) is 0 Å². The highest BCUT2D eigenvalue weighted by Crippen LogP contribution is 2.43. The van der Waals surface area contributed by atoms with Crippen LogP contribution < -0.4 is 0 Å². The first-order valence-electron chi connectivity index (χ1n) is 7.71. The molecule has 0 amide bonds. The van der Waals surface area contributed by atoms with Gasteiger partial charge in [-0.1, -0.05) is 33.6 Å². The van der Waals surface area contributed by atoms with Gasteiger partial charge < -0.3 is 5.11 Å². The number of carboxylic acids is 1. The average molecular weight is 267 g/mol. The molecule has 1 aliphatic carbocycles. The lowest BCUT2D eigenvalue weighted by atomic mass is 9.69. The Hall–Kier alpha value is -0.570. The number of likely N-dealkylation sites (tertiary alicyclic amines) is 1. The predicted octanol–water partition coefficient (Wildman–Crippen LogP) is 3.39. The van der Waals surface area contributed by atoms with Gasteiger partial charge in [-0.25, -0.2) is 0 Å². The van der Waals surface area contributed by atoms with E-state index in [1.165, 1.54) is 25.7 Å². The van der Waals surface area contributed by atoms with Crippen molar-refractivity contribution in [3.63, 3.8) is 0 Å². The van der Waals surface area contributed by atoms with Crippen LogP contribution in [0, 0.1) is 16.7 Å². The first-order valence-corrected chi connectivity index (χ1v) is 7.71. The second-order valence-corrected chi connectivity index (χ2v) is 7.91. The van der Waals surface area contributed by atoms with Gasteiger partial charge in [0.05, 0.1) is 5.41 Å². The van der Waals surface area contributed by atoms with Gasteiger partial charge in [-0.3, -0.25) is 9.69 Å². The van der Waals surface area contributed by atoms with Crippen molar-refractivity contribution >= 4 is 5.97 Å². The fourth-order valence-corrected chi connectivity index (χ4v) is 4.01. The molecule has 2 aliphatic rings.